The molecule has 1 aromatic carbocycles. The van der Waals surface area contributed by atoms with Crippen LogP contribution >= 0.6 is 0 Å². The average molecular weight is 199 g/mol. The van der Waals surface area contributed by atoms with E-state index in [9.17, 15) is 0 Å². The van der Waals surface area contributed by atoms with Crippen molar-refractivity contribution in [2.45, 2.75) is 26.2 Å². The minimum absolute atomic E-state index is 0.0841. The van der Waals surface area contributed by atoms with Gasteiger partial charge in [-0.25, -0.2) is 0 Å². The molecule has 0 saturated carbocycles. The summed E-state index contributed by atoms with van der Waals surface area (Å²) >= 11 is 0. The molecule has 0 amide bonds. The van der Waals surface area contributed by atoms with E-state index in [0.717, 1.165) is 0 Å². The SMILES string of the molecule is C/C1=C\C=C/C(C)(C)c2ccccc2N1. The Labute approximate surface area is 91.5 Å². The lowest BCUT2D eigenvalue weighted by atomic mass is 9.82. The van der Waals surface area contributed by atoms with Crippen LogP contribution in [0.25, 0.3) is 0 Å². The molecule has 1 aliphatic heterocycles. The van der Waals surface area contributed by atoms with Crippen LogP contribution in [-0.2, 0) is 5.41 Å². The van der Waals surface area contributed by atoms with Gasteiger partial charge in [-0.2, -0.15) is 0 Å². The molecule has 0 unspecified atom stereocenters. The quantitative estimate of drug-likeness (QED) is 0.669. The minimum Gasteiger partial charge on any atom is -0.359 e. The lowest BCUT2D eigenvalue weighted by Gasteiger charge is -2.26. The Morgan fingerprint density at radius 3 is 2.67 bits per heavy atom. The zero-order valence-electron chi connectivity index (χ0n) is 9.54. The smallest absolute Gasteiger partial charge is 0.0422 e. The van der Waals surface area contributed by atoms with Crippen molar-refractivity contribution >= 4 is 5.69 Å². The maximum atomic E-state index is 3.43. The number of para-hydroxylation sites is 1. The summed E-state index contributed by atoms with van der Waals surface area (Å²) in [5.41, 5.74) is 3.81. The second-order valence-electron chi connectivity index (χ2n) is 4.60. The van der Waals surface area contributed by atoms with Gasteiger partial charge < -0.3 is 5.32 Å². The van der Waals surface area contributed by atoms with E-state index in [2.05, 4.69) is 68.6 Å². The third-order valence-corrected chi connectivity index (χ3v) is 2.81. The van der Waals surface area contributed by atoms with Crippen LogP contribution in [0.5, 0.6) is 0 Å². The minimum atomic E-state index is 0.0841. The van der Waals surface area contributed by atoms with Gasteiger partial charge in [-0.1, -0.05) is 44.2 Å². The molecule has 2 rings (SSSR count). The molecular formula is C14H17N. The van der Waals surface area contributed by atoms with Crippen LogP contribution in [0.15, 0.2) is 48.2 Å². The topological polar surface area (TPSA) is 12.0 Å². The van der Waals surface area contributed by atoms with Crippen LogP contribution in [0.4, 0.5) is 5.69 Å². The number of allylic oxidation sites excluding steroid dienone is 4. The van der Waals surface area contributed by atoms with Crippen molar-refractivity contribution in [2.75, 3.05) is 5.32 Å². The molecule has 0 radical (unpaired) electrons. The van der Waals surface area contributed by atoms with Crippen molar-refractivity contribution in [2.24, 2.45) is 0 Å². The average Bonchev–Trinajstić information content (AvgIpc) is 2.16. The summed E-state index contributed by atoms with van der Waals surface area (Å²) in [7, 11) is 0. The molecule has 1 N–H and O–H groups in total. The van der Waals surface area contributed by atoms with E-state index in [0.29, 0.717) is 0 Å². The Morgan fingerprint density at radius 2 is 1.87 bits per heavy atom. The highest BCUT2D eigenvalue weighted by Crippen LogP contribution is 2.32. The highest BCUT2D eigenvalue weighted by Gasteiger charge is 2.20. The van der Waals surface area contributed by atoms with Crippen LogP contribution in [0.3, 0.4) is 0 Å². The van der Waals surface area contributed by atoms with E-state index in [1.165, 1.54) is 16.9 Å². The van der Waals surface area contributed by atoms with Crippen LogP contribution in [0, 0.1) is 0 Å². The van der Waals surface area contributed by atoms with E-state index in [4.69, 9.17) is 0 Å². The van der Waals surface area contributed by atoms with Crippen molar-refractivity contribution in [3.05, 3.63) is 53.8 Å². The summed E-state index contributed by atoms with van der Waals surface area (Å²) in [6.07, 6.45) is 6.48. The second-order valence-corrected chi connectivity index (χ2v) is 4.60. The molecule has 1 heterocycles. The second kappa shape index (κ2) is 3.58. The van der Waals surface area contributed by atoms with Crippen molar-refractivity contribution in [3.8, 4) is 0 Å². The van der Waals surface area contributed by atoms with Crippen molar-refractivity contribution < 1.29 is 0 Å². The first-order chi connectivity index (χ1) is 7.09. The standard InChI is InChI=1S/C14H17N/c1-11-7-6-10-14(2,3)12-8-4-5-9-13(12)15-11/h4-10,15H,1-3H3/b10-6-,11-7+. The summed E-state index contributed by atoms with van der Waals surface area (Å²) in [4.78, 5) is 0. The summed E-state index contributed by atoms with van der Waals surface area (Å²) in [6.45, 7) is 6.55. The first kappa shape index (κ1) is 10.0. The number of benzene rings is 1. The Balaban J connectivity index is 2.59. The molecule has 0 saturated heterocycles. The molecule has 1 nitrogen and oxygen atoms in total. The Hall–Kier alpha value is -1.50. The molecule has 0 aliphatic carbocycles. The van der Waals surface area contributed by atoms with E-state index in [1.807, 2.05) is 0 Å². The van der Waals surface area contributed by atoms with Crippen molar-refractivity contribution in [1.29, 1.82) is 0 Å². The lowest BCUT2D eigenvalue weighted by molar-refractivity contribution is 0.671. The monoisotopic (exact) mass is 199 g/mol. The van der Waals surface area contributed by atoms with Crippen LogP contribution in [0.2, 0.25) is 0 Å². The summed E-state index contributed by atoms with van der Waals surface area (Å²) in [5, 5.41) is 3.43. The van der Waals surface area contributed by atoms with Gasteiger partial charge in [0.25, 0.3) is 0 Å². The summed E-state index contributed by atoms with van der Waals surface area (Å²) in [5.74, 6) is 0. The highest BCUT2D eigenvalue weighted by molar-refractivity contribution is 5.59. The van der Waals surface area contributed by atoms with E-state index >= 15 is 0 Å². The predicted molar refractivity (Wildman–Crippen MR) is 66.0 cm³/mol. The van der Waals surface area contributed by atoms with Crippen molar-refractivity contribution in [1.82, 2.24) is 0 Å². The molecule has 0 atom stereocenters. The third kappa shape index (κ3) is 1.96. The molecule has 78 valence electrons. The number of rotatable bonds is 0. The summed E-state index contributed by atoms with van der Waals surface area (Å²) < 4.78 is 0. The molecule has 1 aromatic rings. The Morgan fingerprint density at radius 1 is 1.13 bits per heavy atom. The fraction of sp³-hybridized carbons (Fsp3) is 0.286. The molecule has 0 aromatic heterocycles. The van der Waals surface area contributed by atoms with Gasteiger partial charge >= 0.3 is 0 Å². The molecular weight excluding hydrogens is 182 g/mol. The van der Waals surface area contributed by atoms with E-state index in [-0.39, 0.29) is 5.41 Å². The number of hydrogen-bond donors (Lipinski definition) is 1. The van der Waals surface area contributed by atoms with Gasteiger partial charge in [0.1, 0.15) is 0 Å². The van der Waals surface area contributed by atoms with Gasteiger partial charge in [-0.05, 0) is 24.6 Å². The molecule has 0 fully saturated rings. The Bertz CT molecular complexity index is 425. The zero-order chi connectivity index (χ0) is 10.9. The maximum absolute atomic E-state index is 3.43. The van der Waals surface area contributed by atoms with Crippen LogP contribution < -0.4 is 5.32 Å². The highest BCUT2D eigenvalue weighted by atomic mass is 14.9. The van der Waals surface area contributed by atoms with Crippen molar-refractivity contribution in [3.63, 3.8) is 0 Å². The first-order valence-electron chi connectivity index (χ1n) is 5.32. The number of nitrogens with one attached hydrogen (secondary N) is 1. The first-order valence-corrected chi connectivity index (χ1v) is 5.32. The fourth-order valence-electron chi connectivity index (χ4n) is 1.93. The molecule has 15 heavy (non-hydrogen) atoms. The maximum Gasteiger partial charge on any atom is 0.0422 e. The molecule has 1 heteroatoms. The van der Waals surface area contributed by atoms with E-state index < -0.39 is 0 Å². The van der Waals surface area contributed by atoms with Gasteiger partial charge in [-0.3, -0.25) is 0 Å². The molecule has 0 bridgehead atoms. The zero-order valence-corrected chi connectivity index (χ0v) is 9.54. The molecule has 1 aliphatic rings. The van der Waals surface area contributed by atoms with Gasteiger partial charge in [0, 0.05) is 16.8 Å². The van der Waals surface area contributed by atoms with Gasteiger partial charge in [0.2, 0.25) is 0 Å². The van der Waals surface area contributed by atoms with Gasteiger partial charge in [0.05, 0.1) is 0 Å². The normalized spacial score (nSPS) is 23.8. The molecule has 0 spiro atoms. The van der Waals surface area contributed by atoms with Crippen LogP contribution in [0.1, 0.15) is 26.3 Å². The van der Waals surface area contributed by atoms with Crippen LogP contribution in [-0.4, -0.2) is 0 Å². The third-order valence-electron chi connectivity index (χ3n) is 2.81. The van der Waals surface area contributed by atoms with E-state index in [1.54, 1.807) is 0 Å². The fourth-order valence-corrected chi connectivity index (χ4v) is 1.93. The number of hydrogen-bond acceptors (Lipinski definition) is 1. The largest absolute Gasteiger partial charge is 0.359 e. The summed E-state index contributed by atoms with van der Waals surface area (Å²) in [6, 6.07) is 8.48. The Kier molecular flexibility index (Phi) is 2.39. The van der Waals surface area contributed by atoms with Gasteiger partial charge in [-0.15, -0.1) is 0 Å². The predicted octanol–water partition coefficient (Wildman–Crippen LogP) is 3.85. The van der Waals surface area contributed by atoms with Gasteiger partial charge in [0.15, 0.2) is 0 Å². The number of fused-ring (bicyclic) bond motifs is 1. The lowest BCUT2D eigenvalue weighted by Crippen LogP contribution is -2.17. The number of anilines is 1.